The first-order valence-electron chi connectivity index (χ1n) is 4.94. The molecular weight excluding hydrogens is 393 g/mol. The Balaban J connectivity index is 2.46. The van der Waals surface area contributed by atoms with Gasteiger partial charge >= 0.3 is 0 Å². The lowest BCUT2D eigenvalue weighted by molar-refractivity contribution is 0.445. The predicted molar refractivity (Wildman–Crippen MR) is 73.8 cm³/mol. The highest BCUT2D eigenvalue weighted by molar-refractivity contribution is 9.11. The van der Waals surface area contributed by atoms with E-state index in [4.69, 9.17) is 0 Å². The number of rotatable bonds is 2. The fraction of sp³-hybridized carbons (Fsp3) is 0.167. The highest BCUT2D eigenvalue weighted by Gasteiger charge is 2.20. The Labute approximate surface area is 123 Å². The molecule has 0 aliphatic rings. The van der Waals surface area contributed by atoms with Gasteiger partial charge in [-0.1, -0.05) is 15.9 Å². The largest absolute Gasteiger partial charge is 0.204 e. The summed E-state index contributed by atoms with van der Waals surface area (Å²) in [6.45, 7) is 1.93. The molecule has 2 rings (SSSR count). The molecule has 1 heterocycles. The second-order valence-corrected chi connectivity index (χ2v) is 6.79. The quantitative estimate of drug-likeness (QED) is 0.447. The van der Waals surface area contributed by atoms with Gasteiger partial charge in [-0.25, -0.2) is 13.2 Å². The van der Waals surface area contributed by atoms with E-state index in [-0.39, 0.29) is 4.83 Å². The van der Waals surface area contributed by atoms with Gasteiger partial charge in [-0.05, 0) is 46.6 Å². The maximum atomic E-state index is 13.2. The number of alkyl halides is 1. The summed E-state index contributed by atoms with van der Waals surface area (Å²) in [4.78, 5) is 1.58. The van der Waals surface area contributed by atoms with Crippen LogP contribution in [0, 0.1) is 24.4 Å². The molecule has 0 spiro atoms. The Bertz CT molecular complexity index is 572. The Kier molecular flexibility index (Phi) is 4.18. The van der Waals surface area contributed by atoms with Gasteiger partial charge in [0.15, 0.2) is 17.5 Å². The summed E-state index contributed by atoms with van der Waals surface area (Å²) in [6.07, 6.45) is 0. The number of hydrogen-bond acceptors (Lipinski definition) is 1. The van der Waals surface area contributed by atoms with Crippen molar-refractivity contribution in [2.75, 3.05) is 0 Å². The minimum absolute atomic E-state index is 0.342. The lowest BCUT2D eigenvalue weighted by atomic mass is 10.1. The summed E-state index contributed by atoms with van der Waals surface area (Å²) in [5.41, 5.74) is 0.342. The standard InChI is InChI=1S/C12H7Br2F3S/c1-5-2-7(13)12(18-5)10(14)6-3-8(15)11(17)9(16)4-6/h2-4,10H,1H3. The van der Waals surface area contributed by atoms with E-state index in [9.17, 15) is 13.2 Å². The third-order valence-electron chi connectivity index (χ3n) is 2.37. The Morgan fingerprint density at radius 1 is 1.11 bits per heavy atom. The number of halogens is 5. The van der Waals surface area contributed by atoms with Crippen LogP contribution in [0.1, 0.15) is 20.1 Å². The smallest absolute Gasteiger partial charge is 0.194 e. The molecular formula is C12H7Br2F3S. The zero-order valence-electron chi connectivity index (χ0n) is 9.11. The van der Waals surface area contributed by atoms with E-state index in [1.54, 1.807) is 0 Å². The van der Waals surface area contributed by atoms with Crippen LogP contribution in [0.3, 0.4) is 0 Å². The van der Waals surface area contributed by atoms with E-state index in [1.165, 1.54) is 11.3 Å². The van der Waals surface area contributed by atoms with Gasteiger partial charge in [-0.2, -0.15) is 0 Å². The molecule has 0 saturated heterocycles. The number of hydrogen-bond donors (Lipinski definition) is 0. The highest BCUT2D eigenvalue weighted by atomic mass is 79.9. The van der Waals surface area contributed by atoms with Crippen molar-refractivity contribution in [3.05, 3.63) is 55.4 Å². The molecule has 18 heavy (non-hydrogen) atoms. The predicted octanol–water partition coefficient (Wildman–Crippen LogP) is 5.72. The fourth-order valence-corrected chi connectivity index (χ4v) is 4.53. The van der Waals surface area contributed by atoms with Gasteiger partial charge in [-0.15, -0.1) is 11.3 Å². The van der Waals surface area contributed by atoms with Gasteiger partial charge < -0.3 is 0 Å². The van der Waals surface area contributed by atoms with E-state index in [0.717, 1.165) is 26.4 Å². The van der Waals surface area contributed by atoms with Crippen LogP contribution in [-0.4, -0.2) is 0 Å². The normalized spacial score (nSPS) is 12.8. The van der Waals surface area contributed by atoms with Crippen molar-refractivity contribution in [2.24, 2.45) is 0 Å². The second kappa shape index (κ2) is 5.35. The average molecular weight is 400 g/mol. The first kappa shape index (κ1) is 14.1. The number of thiophene rings is 1. The summed E-state index contributed by atoms with van der Waals surface area (Å²) in [5.74, 6) is -3.81. The van der Waals surface area contributed by atoms with Gasteiger partial charge in [0.2, 0.25) is 0 Å². The van der Waals surface area contributed by atoms with Gasteiger partial charge in [0, 0.05) is 14.2 Å². The highest BCUT2D eigenvalue weighted by Crippen LogP contribution is 2.41. The molecule has 0 saturated carbocycles. The molecule has 0 nitrogen and oxygen atoms in total. The second-order valence-electron chi connectivity index (χ2n) is 3.73. The van der Waals surface area contributed by atoms with Crippen LogP contribution in [0.4, 0.5) is 13.2 Å². The Morgan fingerprint density at radius 3 is 2.11 bits per heavy atom. The van der Waals surface area contributed by atoms with Crippen molar-refractivity contribution >= 4 is 43.2 Å². The van der Waals surface area contributed by atoms with Crippen molar-refractivity contribution < 1.29 is 13.2 Å². The summed E-state index contributed by atoms with van der Waals surface area (Å²) < 4.78 is 40.1. The number of benzene rings is 1. The van der Waals surface area contributed by atoms with E-state index in [2.05, 4.69) is 31.9 Å². The van der Waals surface area contributed by atoms with E-state index in [1.807, 2.05) is 13.0 Å². The molecule has 1 aromatic carbocycles. The Morgan fingerprint density at radius 2 is 1.67 bits per heavy atom. The van der Waals surface area contributed by atoms with Gasteiger partial charge in [0.05, 0.1) is 4.83 Å². The Hall–Kier alpha value is -0.330. The number of aryl methyl sites for hydroxylation is 1. The topological polar surface area (TPSA) is 0 Å². The minimum Gasteiger partial charge on any atom is -0.204 e. The van der Waals surface area contributed by atoms with Crippen molar-refractivity contribution in [2.45, 2.75) is 11.8 Å². The molecule has 96 valence electrons. The first-order valence-corrected chi connectivity index (χ1v) is 7.47. The molecule has 0 aliphatic carbocycles. The lowest BCUT2D eigenvalue weighted by Gasteiger charge is -2.10. The molecule has 1 atom stereocenters. The first-order chi connectivity index (χ1) is 8.40. The van der Waals surface area contributed by atoms with Crippen molar-refractivity contribution in [3.63, 3.8) is 0 Å². The van der Waals surface area contributed by atoms with Gasteiger partial charge in [-0.3, -0.25) is 0 Å². The zero-order valence-corrected chi connectivity index (χ0v) is 13.1. The van der Waals surface area contributed by atoms with E-state index in [0.29, 0.717) is 5.56 Å². The molecule has 0 radical (unpaired) electrons. The minimum atomic E-state index is -1.44. The van der Waals surface area contributed by atoms with Crippen LogP contribution in [0.15, 0.2) is 22.7 Å². The van der Waals surface area contributed by atoms with Crippen LogP contribution in [0.5, 0.6) is 0 Å². The summed E-state index contributed by atoms with van der Waals surface area (Å²) in [5, 5.41) is 0. The lowest BCUT2D eigenvalue weighted by Crippen LogP contribution is -1.97. The monoisotopic (exact) mass is 398 g/mol. The molecule has 2 aromatic rings. The molecule has 1 unspecified atom stereocenters. The summed E-state index contributed by atoms with van der Waals surface area (Å²) >= 11 is 8.26. The third kappa shape index (κ3) is 2.65. The van der Waals surface area contributed by atoms with Crippen molar-refractivity contribution in [1.29, 1.82) is 0 Å². The van der Waals surface area contributed by atoms with E-state index >= 15 is 0 Å². The van der Waals surface area contributed by atoms with Gasteiger partial charge in [0.25, 0.3) is 0 Å². The summed E-state index contributed by atoms with van der Waals surface area (Å²) in [6, 6.07) is 3.92. The maximum absolute atomic E-state index is 13.2. The van der Waals surface area contributed by atoms with Crippen molar-refractivity contribution in [3.8, 4) is 0 Å². The van der Waals surface area contributed by atoms with Crippen LogP contribution >= 0.6 is 43.2 Å². The van der Waals surface area contributed by atoms with Gasteiger partial charge in [0.1, 0.15) is 0 Å². The van der Waals surface area contributed by atoms with Crippen LogP contribution in [0.2, 0.25) is 0 Å². The SMILES string of the molecule is Cc1cc(Br)c(C(Br)c2cc(F)c(F)c(F)c2)s1. The maximum Gasteiger partial charge on any atom is 0.194 e. The molecule has 0 N–H and O–H groups in total. The molecule has 1 aromatic heterocycles. The van der Waals surface area contributed by atoms with Crippen LogP contribution in [-0.2, 0) is 0 Å². The van der Waals surface area contributed by atoms with Crippen LogP contribution in [0.25, 0.3) is 0 Å². The van der Waals surface area contributed by atoms with Crippen molar-refractivity contribution in [1.82, 2.24) is 0 Å². The molecule has 0 fully saturated rings. The molecule has 0 amide bonds. The van der Waals surface area contributed by atoms with Crippen LogP contribution < -0.4 is 0 Å². The third-order valence-corrected chi connectivity index (χ3v) is 5.69. The molecule has 6 heteroatoms. The zero-order chi connectivity index (χ0) is 13.4. The fourth-order valence-electron chi connectivity index (χ4n) is 1.55. The molecule has 0 aliphatic heterocycles. The van der Waals surface area contributed by atoms with E-state index < -0.39 is 17.5 Å². The summed E-state index contributed by atoms with van der Waals surface area (Å²) in [7, 11) is 0. The average Bonchev–Trinajstić information content (AvgIpc) is 2.63. The molecule has 0 bridgehead atoms.